The van der Waals surface area contributed by atoms with E-state index in [0.717, 1.165) is 18.4 Å². The van der Waals surface area contributed by atoms with Gasteiger partial charge in [0.15, 0.2) is 11.6 Å². The van der Waals surface area contributed by atoms with Gasteiger partial charge in [-0.15, -0.1) is 0 Å². The molecule has 184 valence electrons. The smallest absolute Gasteiger partial charge is 0.227 e. The number of hydrogen-bond donors (Lipinski definition) is 1. The van der Waals surface area contributed by atoms with Crippen LogP contribution < -0.4 is 4.74 Å². The molecule has 0 saturated carbocycles. The molecule has 0 aliphatic rings. The molecule has 2 aromatic carbocycles. The number of hydrogen-bond acceptors (Lipinski definition) is 5. The molecule has 1 N–H and O–H groups in total. The molecule has 8 heteroatoms. The second-order valence-electron chi connectivity index (χ2n) is 8.31. The lowest BCUT2D eigenvalue weighted by Gasteiger charge is -2.25. The third kappa shape index (κ3) is 6.85. The Hall–Kier alpha value is -2.81. The standard InChI is InChI=1S/C26H33F2N3O3/c1-4-5-8-22(32)17-30(15-16-33-3)18-23-19(2)29-31(21-13-11-20(27)12-14-21)26(23)34-25-10-7-6-9-24(25)28/h6-7,9-14,22,32H,4-5,8,15-18H2,1-3H3/t22-/m1/s1. The Kier molecular flexibility index (Phi) is 9.56. The molecule has 0 aliphatic carbocycles. The number of methoxy groups -OCH3 is 1. The fourth-order valence-corrected chi connectivity index (χ4v) is 3.72. The summed E-state index contributed by atoms with van der Waals surface area (Å²) in [5.74, 6) is -0.446. The molecule has 0 unspecified atom stereocenters. The minimum absolute atomic E-state index is 0.0680. The van der Waals surface area contributed by atoms with Gasteiger partial charge in [0.1, 0.15) is 5.82 Å². The molecule has 1 heterocycles. The van der Waals surface area contributed by atoms with Gasteiger partial charge in [0, 0.05) is 26.7 Å². The zero-order valence-corrected chi connectivity index (χ0v) is 20.0. The van der Waals surface area contributed by atoms with E-state index in [9.17, 15) is 13.9 Å². The Labute approximate surface area is 199 Å². The van der Waals surface area contributed by atoms with Crippen molar-refractivity contribution >= 4 is 0 Å². The second kappa shape index (κ2) is 12.6. The molecule has 0 bridgehead atoms. The van der Waals surface area contributed by atoms with E-state index in [-0.39, 0.29) is 11.6 Å². The highest BCUT2D eigenvalue weighted by molar-refractivity contribution is 5.43. The SMILES string of the molecule is CCCC[C@@H](O)CN(CCOC)Cc1c(C)nn(-c2ccc(F)cc2)c1Oc1ccccc1F. The Bertz CT molecular complexity index is 1040. The van der Waals surface area contributed by atoms with E-state index in [1.807, 2.05) is 6.92 Å². The Morgan fingerprint density at radius 3 is 2.53 bits per heavy atom. The van der Waals surface area contributed by atoms with Crippen LogP contribution in [0.15, 0.2) is 48.5 Å². The monoisotopic (exact) mass is 473 g/mol. The fraction of sp³-hybridized carbons (Fsp3) is 0.423. The number of aliphatic hydroxyl groups excluding tert-OH is 1. The van der Waals surface area contributed by atoms with Gasteiger partial charge in [-0.25, -0.2) is 13.5 Å². The minimum atomic E-state index is -0.496. The lowest BCUT2D eigenvalue weighted by Crippen LogP contribution is -2.34. The van der Waals surface area contributed by atoms with Gasteiger partial charge < -0.3 is 14.6 Å². The first-order valence-electron chi connectivity index (χ1n) is 11.6. The maximum Gasteiger partial charge on any atom is 0.227 e. The Morgan fingerprint density at radius 2 is 1.85 bits per heavy atom. The summed E-state index contributed by atoms with van der Waals surface area (Å²) in [4.78, 5) is 2.08. The van der Waals surface area contributed by atoms with Gasteiger partial charge in [0.25, 0.3) is 0 Å². The number of benzene rings is 2. The molecule has 34 heavy (non-hydrogen) atoms. The van der Waals surface area contributed by atoms with Crippen molar-refractivity contribution in [2.75, 3.05) is 26.8 Å². The van der Waals surface area contributed by atoms with Crippen LogP contribution >= 0.6 is 0 Å². The predicted octanol–water partition coefficient (Wildman–Crippen LogP) is 5.25. The summed E-state index contributed by atoms with van der Waals surface area (Å²) in [6.07, 6.45) is 2.20. The van der Waals surface area contributed by atoms with E-state index in [0.29, 0.717) is 49.9 Å². The molecule has 0 amide bonds. The van der Waals surface area contributed by atoms with Gasteiger partial charge in [0.2, 0.25) is 5.88 Å². The topological polar surface area (TPSA) is 59.8 Å². The van der Waals surface area contributed by atoms with Crippen LogP contribution in [0.5, 0.6) is 11.6 Å². The first-order chi connectivity index (χ1) is 16.4. The van der Waals surface area contributed by atoms with Crippen LogP contribution in [0.2, 0.25) is 0 Å². The Morgan fingerprint density at radius 1 is 1.12 bits per heavy atom. The first-order valence-corrected chi connectivity index (χ1v) is 11.6. The number of nitrogens with zero attached hydrogens (tertiary/aromatic N) is 3. The van der Waals surface area contributed by atoms with Crippen LogP contribution in [0.25, 0.3) is 5.69 Å². The third-order valence-corrected chi connectivity index (χ3v) is 5.60. The summed E-state index contributed by atoms with van der Waals surface area (Å²) in [6.45, 7) is 5.92. The van der Waals surface area contributed by atoms with Crippen molar-refractivity contribution in [3.8, 4) is 17.3 Å². The van der Waals surface area contributed by atoms with Crippen LogP contribution in [-0.2, 0) is 11.3 Å². The van der Waals surface area contributed by atoms with Gasteiger partial charge in [-0.05, 0) is 49.7 Å². The summed E-state index contributed by atoms with van der Waals surface area (Å²) >= 11 is 0. The van der Waals surface area contributed by atoms with Crippen LogP contribution in [-0.4, -0.2) is 52.7 Å². The lowest BCUT2D eigenvalue weighted by molar-refractivity contribution is 0.0786. The van der Waals surface area contributed by atoms with E-state index in [4.69, 9.17) is 9.47 Å². The third-order valence-electron chi connectivity index (χ3n) is 5.60. The molecule has 6 nitrogen and oxygen atoms in total. The molecule has 3 rings (SSSR count). The van der Waals surface area contributed by atoms with Gasteiger partial charge in [0.05, 0.1) is 29.7 Å². The van der Waals surface area contributed by atoms with E-state index in [2.05, 4.69) is 16.9 Å². The van der Waals surface area contributed by atoms with E-state index >= 15 is 0 Å². The molecule has 0 spiro atoms. The lowest BCUT2D eigenvalue weighted by atomic mass is 10.1. The number of ether oxygens (including phenoxy) is 2. The molecule has 0 radical (unpaired) electrons. The number of halogens is 2. The highest BCUT2D eigenvalue weighted by Crippen LogP contribution is 2.33. The van der Waals surface area contributed by atoms with Crippen molar-refractivity contribution < 1.29 is 23.4 Å². The van der Waals surface area contributed by atoms with Crippen LogP contribution in [0.1, 0.15) is 37.4 Å². The van der Waals surface area contributed by atoms with E-state index in [1.54, 1.807) is 42.1 Å². The van der Waals surface area contributed by atoms with Gasteiger partial charge in [-0.3, -0.25) is 4.90 Å². The van der Waals surface area contributed by atoms with E-state index < -0.39 is 11.9 Å². The Balaban J connectivity index is 1.98. The number of rotatable bonds is 13. The molecule has 3 aromatic rings. The van der Waals surface area contributed by atoms with Crippen molar-refractivity contribution in [3.05, 3.63) is 71.4 Å². The second-order valence-corrected chi connectivity index (χ2v) is 8.31. The average molecular weight is 474 g/mol. The maximum absolute atomic E-state index is 14.5. The van der Waals surface area contributed by atoms with Crippen molar-refractivity contribution in [1.29, 1.82) is 0 Å². The van der Waals surface area contributed by atoms with E-state index in [1.165, 1.54) is 18.2 Å². The molecule has 0 fully saturated rings. The number of aryl methyl sites for hydroxylation is 1. The van der Waals surface area contributed by atoms with Crippen LogP contribution in [0.4, 0.5) is 8.78 Å². The number of para-hydroxylation sites is 1. The number of aromatic nitrogens is 2. The van der Waals surface area contributed by atoms with Crippen LogP contribution in [0, 0.1) is 18.6 Å². The van der Waals surface area contributed by atoms with Gasteiger partial charge in [-0.2, -0.15) is 5.10 Å². The van der Waals surface area contributed by atoms with Gasteiger partial charge >= 0.3 is 0 Å². The summed E-state index contributed by atoms with van der Waals surface area (Å²) in [6, 6.07) is 12.0. The highest BCUT2D eigenvalue weighted by atomic mass is 19.1. The summed E-state index contributed by atoms with van der Waals surface area (Å²) in [7, 11) is 1.64. The van der Waals surface area contributed by atoms with Crippen LogP contribution in [0.3, 0.4) is 0 Å². The van der Waals surface area contributed by atoms with Crippen molar-refractivity contribution in [2.24, 2.45) is 0 Å². The molecule has 0 saturated heterocycles. The molecule has 0 aliphatic heterocycles. The first kappa shape index (κ1) is 25.8. The largest absolute Gasteiger partial charge is 0.435 e. The predicted molar refractivity (Wildman–Crippen MR) is 127 cm³/mol. The normalized spacial score (nSPS) is 12.3. The quantitative estimate of drug-likeness (QED) is 0.367. The fourth-order valence-electron chi connectivity index (χ4n) is 3.72. The van der Waals surface area contributed by atoms with Crippen molar-refractivity contribution in [2.45, 2.75) is 45.8 Å². The molecular weight excluding hydrogens is 440 g/mol. The summed E-state index contributed by atoms with van der Waals surface area (Å²) in [5, 5.41) is 15.2. The maximum atomic E-state index is 14.5. The van der Waals surface area contributed by atoms with Crippen molar-refractivity contribution in [3.63, 3.8) is 0 Å². The molecule has 1 aromatic heterocycles. The average Bonchev–Trinajstić information content (AvgIpc) is 3.12. The summed E-state index contributed by atoms with van der Waals surface area (Å²) < 4.78 is 40.9. The number of aliphatic hydroxyl groups is 1. The molecular formula is C26H33F2N3O3. The van der Waals surface area contributed by atoms with Crippen molar-refractivity contribution in [1.82, 2.24) is 14.7 Å². The highest BCUT2D eigenvalue weighted by Gasteiger charge is 2.23. The number of unbranched alkanes of at least 4 members (excludes halogenated alkanes) is 1. The minimum Gasteiger partial charge on any atom is -0.435 e. The van der Waals surface area contributed by atoms with Gasteiger partial charge in [-0.1, -0.05) is 31.9 Å². The molecule has 1 atom stereocenters. The zero-order valence-electron chi connectivity index (χ0n) is 20.0. The zero-order chi connectivity index (χ0) is 24.5. The summed E-state index contributed by atoms with van der Waals surface area (Å²) in [5.41, 5.74) is 2.04.